The van der Waals surface area contributed by atoms with Crippen molar-refractivity contribution in [2.24, 2.45) is 0 Å². The summed E-state index contributed by atoms with van der Waals surface area (Å²) in [6.07, 6.45) is 0. The molecule has 0 aliphatic rings. The standard InChI is InChI=1S/C15H19NO2S2/c1-10-5-4-6-11(2)15(10)18-8-14-16-12(7-17-3)13(9-19)20-14/h4-6,19H,7-9H2,1-3H3. The Labute approximate surface area is 129 Å². The van der Waals surface area contributed by atoms with E-state index in [0.717, 1.165) is 32.5 Å². The zero-order chi connectivity index (χ0) is 14.5. The van der Waals surface area contributed by atoms with Crippen molar-refractivity contribution in [2.45, 2.75) is 32.8 Å². The van der Waals surface area contributed by atoms with Gasteiger partial charge in [0.2, 0.25) is 0 Å². The maximum atomic E-state index is 5.93. The van der Waals surface area contributed by atoms with Crippen LogP contribution in [0.15, 0.2) is 18.2 Å². The lowest BCUT2D eigenvalue weighted by atomic mass is 10.1. The van der Waals surface area contributed by atoms with E-state index in [-0.39, 0.29) is 0 Å². The average Bonchev–Trinajstić information content (AvgIpc) is 2.81. The van der Waals surface area contributed by atoms with Gasteiger partial charge in [0.1, 0.15) is 17.4 Å². The summed E-state index contributed by atoms with van der Waals surface area (Å²) in [6, 6.07) is 6.15. The molecule has 5 heteroatoms. The number of para-hydroxylation sites is 1. The summed E-state index contributed by atoms with van der Waals surface area (Å²) in [5, 5.41) is 0.962. The molecule has 0 amide bonds. The minimum Gasteiger partial charge on any atom is -0.486 e. The number of thiol groups is 1. The van der Waals surface area contributed by atoms with E-state index >= 15 is 0 Å². The van der Waals surface area contributed by atoms with Gasteiger partial charge in [-0.3, -0.25) is 0 Å². The number of rotatable bonds is 6. The molecule has 3 nitrogen and oxygen atoms in total. The van der Waals surface area contributed by atoms with Gasteiger partial charge in [-0.25, -0.2) is 4.98 Å². The van der Waals surface area contributed by atoms with Crippen LogP contribution in [0, 0.1) is 13.8 Å². The summed E-state index contributed by atoms with van der Waals surface area (Å²) < 4.78 is 11.1. The van der Waals surface area contributed by atoms with Gasteiger partial charge >= 0.3 is 0 Å². The summed E-state index contributed by atoms with van der Waals surface area (Å²) >= 11 is 5.97. The van der Waals surface area contributed by atoms with Crippen molar-refractivity contribution < 1.29 is 9.47 Å². The summed E-state index contributed by atoms with van der Waals surface area (Å²) in [5.41, 5.74) is 3.26. The number of benzene rings is 1. The largest absolute Gasteiger partial charge is 0.486 e. The molecule has 0 spiro atoms. The van der Waals surface area contributed by atoms with Crippen molar-refractivity contribution in [3.05, 3.63) is 44.9 Å². The summed E-state index contributed by atoms with van der Waals surface area (Å²) in [5.74, 6) is 1.63. The van der Waals surface area contributed by atoms with Gasteiger partial charge in [-0.15, -0.1) is 11.3 Å². The van der Waals surface area contributed by atoms with Crippen molar-refractivity contribution in [1.29, 1.82) is 0 Å². The molecule has 2 rings (SSSR count). The third kappa shape index (κ3) is 3.53. The lowest BCUT2D eigenvalue weighted by Gasteiger charge is -2.10. The first-order chi connectivity index (χ1) is 9.65. The Hall–Kier alpha value is -1.04. The van der Waals surface area contributed by atoms with Crippen LogP contribution in [0.1, 0.15) is 26.7 Å². The van der Waals surface area contributed by atoms with Gasteiger partial charge in [0.15, 0.2) is 0 Å². The Kier molecular flexibility index (Phi) is 5.46. The number of aryl methyl sites for hydroxylation is 2. The van der Waals surface area contributed by atoms with Crippen LogP contribution in [-0.4, -0.2) is 12.1 Å². The van der Waals surface area contributed by atoms with Gasteiger partial charge in [-0.05, 0) is 25.0 Å². The van der Waals surface area contributed by atoms with Crippen LogP contribution in [0.25, 0.3) is 0 Å². The van der Waals surface area contributed by atoms with Crippen LogP contribution in [0.5, 0.6) is 5.75 Å². The van der Waals surface area contributed by atoms with E-state index in [4.69, 9.17) is 9.47 Å². The fourth-order valence-corrected chi connectivity index (χ4v) is 3.25. The van der Waals surface area contributed by atoms with E-state index in [1.165, 1.54) is 0 Å². The quantitative estimate of drug-likeness (QED) is 0.821. The SMILES string of the molecule is COCc1nc(COc2c(C)cccc2C)sc1CS. The smallest absolute Gasteiger partial charge is 0.140 e. The van der Waals surface area contributed by atoms with Crippen molar-refractivity contribution in [3.63, 3.8) is 0 Å². The Bertz CT molecular complexity index is 561. The summed E-state index contributed by atoms with van der Waals surface area (Å²) in [7, 11) is 1.68. The molecule has 0 unspecified atom stereocenters. The maximum absolute atomic E-state index is 5.93. The highest BCUT2D eigenvalue weighted by molar-refractivity contribution is 7.79. The van der Waals surface area contributed by atoms with Crippen LogP contribution in [0.3, 0.4) is 0 Å². The highest BCUT2D eigenvalue weighted by Gasteiger charge is 2.11. The minimum absolute atomic E-state index is 0.487. The first kappa shape index (κ1) is 15.4. The van der Waals surface area contributed by atoms with Gasteiger partial charge in [0.05, 0.1) is 12.3 Å². The highest BCUT2D eigenvalue weighted by atomic mass is 32.1. The second kappa shape index (κ2) is 7.11. The molecule has 1 heterocycles. The molecular formula is C15H19NO2S2. The number of hydrogen-bond donors (Lipinski definition) is 1. The van der Waals surface area contributed by atoms with Crippen molar-refractivity contribution >= 4 is 24.0 Å². The molecule has 0 fully saturated rings. The van der Waals surface area contributed by atoms with Crippen molar-refractivity contribution in [1.82, 2.24) is 4.98 Å². The number of aromatic nitrogens is 1. The molecule has 0 saturated carbocycles. The van der Waals surface area contributed by atoms with Gasteiger partial charge < -0.3 is 9.47 Å². The van der Waals surface area contributed by atoms with Gasteiger partial charge in [-0.2, -0.15) is 12.6 Å². The molecule has 0 aliphatic heterocycles. The molecule has 1 aromatic heterocycles. The summed E-state index contributed by atoms with van der Waals surface area (Å²) in [6.45, 7) is 5.12. The highest BCUT2D eigenvalue weighted by Crippen LogP contribution is 2.26. The number of thiazole rings is 1. The third-order valence-electron chi connectivity index (χ3n) is 3.00. The predicted molar refractivity (Wildman–Crippen MR) is 85.8 cm³/mol. The van der Waals surface area contributed by atoms with E-state index in [0.29, 0.717) is 19.0 Å². The zero-order valence-electron chi connectivity index (χ0n) is 12.0. The number of methoxy groups -OCH3 is 1. The summed E-state index contributed by atoms with van der Waals surface area (Å²) in [4.78, 5) is 5.71. The van der Waals surface area contributed by atoms with Crippen LogP contribution >= 0.6 is 24.0 Å². The average molecular weight is 309 g/mol. The maximum Gasteiger partial charge on any atom is 0.140 e. The van der Waals surface area contributed by atoms with Gasteiger partial charge in [0.25, 0.3) is 0 Å². The molecule has 2 aromatic rings. The van der Waals surface area contributed by atoms with Crippen LogP contribution < -0.4 is 4.74 Å². The normalized spacial score (nSPS) is 10.8. The first-order valence-corrected chi connectivity index (χ1v) is 7.87. The van der Waals surface area contributed by atoms with Crippen LogP contribution in [-0.2, 0) is 23.7 Å². The molecule has 0 radical (unpaired) electrons. The molecule has 1 aromatic carbocycles. The Balaban J connectivity index is 2.11. The lowest BCUT2D eigenvalue weighted by molar-refractivity contribution is 0.181. The molecule has 108 valence electrons. The van der Waals surface area contributed by atoms with Crippen molar-refractivity contribution in [2.75, 3.05) is 7.11 Å². The van der Waals surface area contributed by atoms with Crippen LogP contribution in [0.4, 0.5) is 0 Å². The Morgan fingerprint density at radius 2 is 1.90 bits per heavy atom. The van der Waals surface area contributed by atoms with E-state index in [1.807, 2.05) is 6.07 Å². The molecule has 0 bridgehead atoms. The number of ether oxygens (including phenoxy) is 2. The number of hydrogen-bond acceptors (Lipinski definition) is 5. The second-order valence-electron chi connectivity index (χ2n) is 4.58. The molecule has 0 saturated heterocycles. The zero-order valence-corrected chi connectivity index (χ0v) is 13.7. The fraction of sp³-hybridized carbons (Fsp3) is 0.400. The Morgan fingerprint density at radius 3 is 2.50 bits per heavy atom. The fourth-order valence-electron chi connectivity index (χ4n) is 2.03. The molecule has 0 atom stereocenters. The third-order valence-corrected chi connectivity index (χ3v) is 4.60. The van der Waals surface area contributed by atoms with Gasteiger partial charge in [0, 0.05) is 17.7 Å². The van der Waals surface area contributed by atoms with E-state index in [9.17, 15) is 0 Å². The van der Waals surface area contributed by atoms with Crippen molar-refractivity contribution in [3.8, 4) is 5.75 Å². The molecule has 20 heavy (non-hydrogen) atoms. The molecular weight excluding hydrogens is 290 g/mol. The topological polar surface area (TPSA) is 31.4 Å². The predicted octanol–water partition coefficient (Wildman–Crippen LogP) is 3.92. The first-order valence-electron chi connectivity index (χ1n) is 6.42. The minimum atomic E-state index is 0.487. The van der Waals surface area contributed by atoms with E-state index in [1.54, 1.807) is 18.4 Å². The van der Waals surface area contributed by atoms with E-state index < -0.39 is 0 Å². The molecule has 0 N–H and O–H groups in total. The number of nitrogens with zero attached hydrogens (tertiary/aromatic N) is 1. The molecule has 0 aliphatic carbocycles. The second-order valence-corrected chi connectivity index (χ2v) is 6.06. The van der Waals surface area contributed by atoms with E-state index in [2.05, 4.69) is 43.6 Å². The lowest BCUT2D eigenvalue weighted by Crippen LogP contribution is -1.99. The Morgan fingerprint density at radius 1 is 1.20 bits per heavy atom. The van der Waals surface area contributed by atoms with Gasteiger partial charge in [-0.1, -0.05) is 18.2 Å². The monoisotopic (exact) mass is 309 g/mol. The van der Waals surface area contributed by atoms with Crippen LogP contribution in [0.2, 0.25) is 0 Å².